The average molecular weight is 313 g/mol. The van der Waals surface area contributed by atoms with Crippen LogP contribution in [-0.2, 0) is 6.18 Å². The lowest BCUT2D eigenvalue weighted by Gasteiger charge is -2.19. The third kappa shape index (κ3) is 4.24. The molecule has 0 heterocycles. The van der Waals surface area contributed by atoms with Gasteiger partial charge in [0.15, 0.2) is 0 Å². The highest BCUT2D eigenvalue weighted by Crippen LogP contribution is 2.34. The molecule has 0 saturated carbocycles. The summed E-state index contributed by atoms with van der Waals surface area (Å²) in [4.78, 5) is 0. The van der Waals surface area contributed by atoms with E-state index in [9.17, 15) is 13.2 Å². The van der Waals surface area contributed by atoms with E-state index in [1.807, 2.05) is 30.3 Å². The lowest BCUT2D eigenvalue weighted by Crippen LogP contribution is -2.08. The fraction of sp³-hybridized carbons (Fsp3) is 0.294. The van der Waals surface area contributed by atoms with Crippen molar-refractivity contribution in [2.75, 3.05) is 5.88 Å². The first kappa shape index (κ1) is 15.9. The zero-order valence-electron chi connectivity index (χ0n) is 11.4. The van der Waals surface area contributed by atoms with Gasteiger partial charge in [0.25, 0.3) is 0 Å². The van der Waals surface area contributed by atoms with Gasteiger partial charge in [0.2, 0.25) is 0 Å². The molecule has 0 N–H and O–H groups in total. The quantitative estimate of drug-likeness (QED) is 0.607. The minimum atomic E-state index is -4.32. The summed E-state index contributed by atoms with van der Waals surface area (Å²) in [6, 6.07) is 15.1. The topological polar surface area (TPSA) is 0 Å². The van der Waals surface area contributed by atoms with Crippen LogP contribution in [0.2, 0.25) is 0 Å². The molecule has 1 atom stereocenters. The lowest BCUT2D eigenvalue weighted by molar-refractivity contribution is -0.137. The predicted molar refractivity (Wildman–Crippen MR) is 79.7 cm³/mol. The molecule has 2 aromatic carbocycles. The maximum atomic E-state index is 12.9. The van der Waals surface area contributed by atoms with Crippen LogP contribution in [0.5, 0.6) is 0 Å². The van der Waals surface area contributed by atoms with Crippen molar-refractivity contribution in [3.8, 4) is 0 Å². The molecule has 0 radical (unpaired) electrons. The van der Waals surface area contributed by atoms with Gasteiger partial charge < -0.3 is 0 Å². The van der Waals surface area contributed by atoms with E-state index in [-0.39, 0.29) is 5.92 Å². The van der Waals surface area contributed by atoms with Crippen LogP contribution in [0.25, 0.3) is 0 Å². The molecule has 0 spiro atoms. The Balaban J connectivity index is 2.37. The van der Waals surface area contributed by atoms with Crippen molar-refractivity contribution in [3.05, 3.63) is 71.3 Å². The smallest absolute Gasteiger partial charge is 0.166 e. The van der Waals surface area contributed by atoms with E-state index < -0.39 is 11.7 Å². The summed E-state index contributed by atoms with van der Waals surface area (Å²) in [7, 11) is 0. The monoisotopic (exact) mass is 312 g/mol. The molecular formula is C17H16ClF3. The highest BCUT2D eigenvalue weighted by atomic mass is 35.5. The summed E-state index contributed by atoms with van der Waals surface area (Å²) in [6.45, 7) is 0. The average Bonchev–Trinajstić information content (AvgIpc) is 2.48. The van der Waals surface area contributed by atoms with Crippen molar-refractivity contribution in [3.63, 3.8) is 0 Å². The molecule has 2 rings (SSSR count). The zero-order chi connectivity index (χ0) is 15.3. The van der Waals surface area contributed by atoms with Crippen LogP contribution in [0, 0.1) is 0 Å². The van der Waals surface area contributed by atoms with Crippen LogP contribution >= 0.6 is 11.6 Å². The van der Waals surface area contributed by atoms with Crippen LogP contribution < -0.4 is 0 Å². The Kier molecular flexibility index (Phi) is 5.29. The molecular weight excluding hydrogens is 297 g/mol. The Bertz CT molecular complexity index is 564. The molecule has 0 nitrogen and oxygen atoms in total. The second-order valence-corrected chi connectivity index (χ2v) is 5.30. The van der Waals surface area contributed by atoms with E-state index in [4.69, 9.17) is 11.6 Å². The molecule has 0 aliphatic carbocycles. The van der Waals surface area contributed by atoms with Crippen LogP contribution in [0.4, 0.5) is 13.2 Å². The maximum absolute atomic E-state index is 12.9. The van der Waals surface area contributed by atoms with E-state index >= 15 is 0 Å². The highest BCUT2D eigenvalue weighted by molar-refractivity contribution is 6.17. The maximum Gasteiger partial charge on any atom is 0.416 e. The van der Waals surface area contributed by atoms with Crippen LogP contribution in [0.1, 0.15) is 35.4 Å². The Labute approximate surface area is 127 Å². The summed E-state index contributed by atoms with van der Waals surface area (Å²) in [5, 5.41) is 0. The van der Waals surface area contributed by atoms with Gasteiger partial charge >= 0.3 is 6.18 Å². The van der Waals surface area contributed by atoms with Crippen molar-refractivity contribution in [2.45, 2.75) is 24.9 Å². The SMILES string of the molecule is FC(F)(F)c1cccc(C(CCCCl)c2ccccc2)c1. The summed E-state index contributed by atoms with van der Waals surface area (Å²) in [5.41, 5.74) is 1.09. The lowest BCUT2D eigenvalue weighted by atomic mass is 9.87. The van der Waals surface area contributed by atoms with Gasteiger partial charge in [-0.2, -0.15) is 13.2 Å². The van der Waals surface area contributed by atoms with Gasteiger partial charge in [-0.1, -0.05) is 48.5 Å². The molecule has 0 fully saturated rings. The Morgan fingerprint density at radius 3 is 2.19 bits per heavy atom. The van der Waals surface area contributed by atoms with Gasteiger partial charge in [-0.25, -0.2) is 0 Å². The van der Waals surface area contributed by atoms with E-state index in [0.29, 0.717) is 11.4 Å². The molecule has 0 aliphatic heterocycles. The molecule has 0 saturated heterocycles. The summed E-state index contributed by atoms with van der Waals surface area (Å²) in [6.07, 6.45) is -2.82. The first-order valence-electron chi connectivity index (χ1n) is 6.80. The van der Waals surface area contributed by atoms with Gasteiger partial charge in [0.05, 0.1) is 5.56 Å². The second-order valence-electron chi connectivity index (χ2n) is 4.92. The van der Waals surface area contributed by atoms with Crippen LogP contribution in [0.15, 0.2) is 54.6 Å². The molecule has 0 aromatic heterocycles. The van der Waals surface area contributed by atoms with Crippen molar-refractivity contribution in [1.82, 2.24) is 0 Å². The first-order chi connectivity index (χ1) is 10.0. The van der Waals surface area contributed by atoms with E-state index in [0.717, 1.165) is 24.5 Å². The molecule has 21 heavy (non-hydrogen) atoms. The highest BCUT2D eigenvalue weighted by Gasteiger charge is 2.31. The molecule has 112 valence electrons. The number of alkyl halides is 4. The van der Waals surface area contributed by atoms with Gasteiger partial charge in [-0.3, -0.25) is 0 Å². The molecule has 0 aliphatic rings. The number of hydrogen-bond acceptors (Lipinski definition) is 0. The van der Waals surface area contributed by atoms with Crippen molar-refractivity contribution in [2.24, 2.45) is 0 Å². The van der Waals surface area contributed by atoms with Gasteiger partial charge in [-0.05, 0) is 30.0 Å². The largest absolute Gasteiger partial charge is 0.416 e. The third-order valence-corrected chi connectivity index (χ3v) is 3.71. The fourth-order valence-electron chi connectivity index (χ4n) is 2.42. The summed E-state index contributed by atoms with van der Waals surface area (Å²) < 4.78 is 38.6. The minimum absolute atomic E-state index is 0.0627. The second kappa shape index (κ2) is 6.99. The van der Waals surface area contributed by atoms with Crippen molar-refractivity contribution < 1.29 is 13.2 Å². The summed E-state index contributed by atoms with van der Waals surface area (Å²) in [5.74, 6) is 0.440. The zero-order valence-corrected chi connectivity index (χ0v) is 12.2. The molecule has 0 bridgehead atoms. The van der Waals surface area contributed by atoms with Crippen molar-refractivity contribution >= 4 is 11.6 Å². The standard InChI is InChI=1S/C17H16ClF3/c18-11-5-10-16(13-6-2-1-3-7-13)14-8-4-9-15(12-14)17(19,20)21/h1-4,6-9,12,16H,5,10-11H2. The Hall–Kier alpha value is -1.48. The number of benzene rings is 2. The first-order valence-corrected chi connectivity index (χ1v) is 7.34. The number of hydrogen-bond donors (Lipinski definition) is 0. The molecule has 2 aromatic rings. The van der Waals surface area contributed by atoms with Gasteiger partial charge in [0, 0.05) is 11.8 Å². The third-order valence-electron chi connectivity index (χ3n) is 3.44. The Morgan fingerprint density at radius 1 is 0.905 bits per heavy atom. The van der Waals surface area contributed by atoms with Crippen LogP contribution in [-0.4, -0.2) is 5.88 Å². The van der Waals surface area contributed by atoms with Crippen LogP contribution in [0.3, 0.4) is 0 Å². The van der Waals surface area contributed by atoms with Gasteiger partial charge in [0.1, 0.15) is 0 Å². The predicted octanol–water partition coefficient (Wildman–Crippen LogP) is 5.86. The normalized spacial score (nSPS) is 13.1. The van der Waals surface area contributed by atoms with E-state index in [2.05, 4.69) is 0 Å². The van der Waals surface area contributed by atoms with Crippen molar-refractivity contribution in [1.29, 1.82) is 0 Å². The fourth-order valence-corrected chi connectivity index (χ4v) is 2.58. The van der Waals surface area contributed by atoms with E-state index in [1.165, 1.54) is 12.1 Å². The number of halogens is 4. The van der Waals surface area contributed by atoms with E-state index in [1.54, 1.807) is 6.07 Å². The summed E-state index contributed by atoms with van der Waals surface area (Å²) >= 11 is 5.74. The number of rotatable bonds is 5. The van der Waals surface area contributed by atoms with Gasteiger partial charge in [-0.15, -0.1) is 11.6 Å². The minimum Gasteiger partial charge on any atom is -0.166 e. The molecule has 0 amide bonds. The Morgan fingerprint density at radius 2 is 1.57 bits per heavy atom. The molecule has 4 heteroatoms. The molecule has 1 unspecified atom stereocenters.